The van der Waals surface area contributed by atoms with E-state index in [0.717, 1.165) is 57.6 Å². The smallest absolute Gasteiger partial charge is 0.227 e. The van der Waals surface area contributed by atoms with E-state index in [-0.39, 0.29) is 0 Å². The van der Waals surface area contributed by atoms with Gasteiger partial charge in [-0.3, -0.25) is 0 Å². The molecule has 0 bridgehead atoms. The predicted octanol–water partition coefficient (Wildman–Crippen LogP) is 0.677. The summed E-state index contributed by atoms with van der Waals surface area (Å²) < 4.78 is 5.34. The van der Waals surface area contributed by atoms with Gasteiger partial charge in [0.25, 0.3) is 0 Å². The highest BCUT2D eigenvalue weighted by atomic mass is 16.5. The maximum absolute atomic E-state index is 5.34. The molecule has 6 heteroatoms. The number of rotatable bonds is 6. The number of hydrogen-bond donors (Lipinski definition) is 1. The number of hydrogen-bond acceptors (Lipinski definition) is 6. The molecule has 1 N–H and O–H groups in total. The number of anilines is 2. The molecule has 106 valence electrons. The molecule has 1 aliphatic heterocycles. The van der Waals surface area contributed by atoms with Gasteiger partial charge >= 0.3 is 0 Å². The van der Waals surface area contributed by atoms with Gasteiger partial charge < -0.3 is 19.9 Å². The van der Waals surface area contributed by atoms with Crippen LogP contribution in [0.15, 0.2) is 12.3 Å². The van der Waals surface area contributed by atoms with Crippen molar-refractivity contribution in [1.29, 1.82) is 0 Å². The first kappa shape index (κ1) is 14.0. The highest BCUT2D eigenvalue weighted by Gasteiger charge is 2.13. The van der Waals surface area contributed by atoms with Crippen molar-refractivity contribution >= 4 is 11.8 Å². The van der Waals surface area contributed by atoms with E-state index in [2.05, 4.69) is 39.2 Å². The molecule has 1 aromatic rings. The van der Waals surface area contributed by atoms with E-state index in [1.165, 1.54) is 0 Å². The minimum atomic E-state index is 0.754. The molecule has 0 unspecified atom stereocenters. The summed E-state index contributed by atoms with van der Waals surface area (Å²) in [6, 6.07) is 1.92. The maximum atomic E-state index is 5.34. The van der Waals surface area contributed by atoms with E-state index in [0.29, 0.717) is 0 Å². The van der Waals surface area contributed by atoms with E-state index in [9.17, 15) is 0 Å². The largest absolute Gasteiger partial charge is 0.378 e. The van der Waals surface area contributed by atoms with Gasteiger partial charge in [0.1, 0.15) is 5.82 Å². The fourth-order valence-corrected chi connectivity index (χ4v) is 1.97. The highest BCUT2D eigenvalue weighted by molar-refractivity contribution is 5.41. The second kappa shape index (κ2) is 7.25. The Hall–Kier alpha value is -1.40. The molecule has 0 saturated carbocycles. The Balaban J connectivity index is 1.84. The van der Waals surface area contributed by atoms with E-state index >= 15 is 0 Å². The van der Waals surface area contributed by atoms with Crippen molar-refractivity contribution in [3.8, 4) is 0 Å². The molecule has 0 spiro atoms. The predicted molar refractivity (Wildman–Crippen MR) is 76.7 cm³/mol. The summed E-state index contributed by atoms with van der Waals surface area (Å²) >= 11 is 0. The van der Waals surface area contributed by atoms with Crippen molar-refractivity contribution in [2.75, 3.05) is 63.7 Å². The van der Waals surface area contributed by atoms with Crippen LogP contribution >= 0.6 is 0 Å². The van der Waals surface area contributed by atoms with Crippen LogP contribution in [-0.4, -0.2) is 68.4 Å². The lowest BCUT2D eigenvalue weighted by atomic mass is 10.4. The van der Waals surface area contributed by atoms with Crippen molar-refractivity contribution in [3.63, 3.8) is 0 Å². The monoisotopic (exact) mass is 265 g/mol. The standard InChI is InChI=1S/C13H23N5O/c1-17(2)7-3-5-14-12-4-6-15-13(16-12)18-8-10-19-11-9-18/h4,6H,3,5,7-11H2,1-2H3,(H,14,15,16). The van der Waals surface area contributed by atoms with Crippen LogP contribution in [0.4, 0.5) is 11.8 Å². The Kier molecular flexibility index (Phi) is 5.35. The normalized spacial score (nSPS) is 15.8. The van der Waals surface area contributed by atoms with E-state index < -0.39 is 0 Å². The topological polar surface area (TPSA) is 53.5 Å². The number of nitrogens with zero attached hydrogens (tertiary/aromatic N) is 4. The lowest BCUT2D eigenvalue weighted by Crippen LogP contribution is -2.37. The minimum absolute atomic E-state index is 0.754. The van der Waals surface area contributed by atoms with Gasteiger partial charge in [0.05, 0.1) is 13.2 Å². The van der Waals surface area contributed by atoms with Gasteiger partial charge in [-0.25, -0.2) is 4.98 Å². The summed E-state index contributed by atoms with van der Waals surface area (Å²) in [5.74, 6) is 1.69. The van der Waals surface area contributed by atoms with Crippen LogP contribution in [0.5, 0.6) is 0 Å². The van der Waals surface area contributed by atoms with Gasteiger partial charge in [0.2, 0.25) is 5.95 Å². The molecule has 0 aromatic carbocycles. The molecule has 0 aliphatic carbocycles. The van der Waals surface area contributed by atoms with Gasteiger partial charge in [-0.2, -0.15) is 4.98 Å². The number of nitrogens with one attached hydrogen (secondary N) is 1. The van der Waals surface area contributed by atoms with E-state index in [1.54, 1.807) is 0 Å². The van der Waals surface area contributed by atoms with Gasteiger partial charge in [-0.1, -0.05) is 0 Å². The fraction of sp³-hybridized carbons (Fsp3) is 0.692. The summed E-state index contributed by atoms with van der Waals surface area (Å²) in [6.07, 6.45) is 2.91. The number of ether oxygens (including phenoxy) is 1. The van der Waals surface area contributed by atoms with Crippen molar-refractivity contribution in [1.82, 2.24) is 14.9 Å². The second-order valence-corrected chi connectivity index (χ2v) is 4.92. The van der Waals surface area contributed by atoms with Crippen LogP contribution in [-0.2, 0) is 4.74 Å². The first-order chi connectivity index (χ1) is 9.25. The molecule has 1 aromatic heterocycles. The Morgan fingerprint density at radius 1 is 1.37 bits per heavy atom. The molecular formula is C13H23N5O. The van der Waals surface area contributed by atoms with Gasteiger partial charge in [0, 0.05) is 25.8 Å². The molecular weight excluding hydrogens is 242 g/mol. The fourth-order valence-electron chi connectivity index (χ4n) is 1.97. The third-order valence-electron chi connectivity index (χ3n) is 3.03. The molecule has 1 aliphatic rings. The first-order valence-electron chi connectivity index (χ1n) is 6.80. The van der Waals surface area contributed by atoms with E-state index in [1.807, 2.05) is 12.3 Å². The lowest BCUT2D eigenvalue weighted by Gasteiger charge is -2.26. The highest BCUT2D eigenvalue weighted by Crippen LogP contribution is 2.12. The molecule has 2 rings (SSSR count). The Morgan fingerprint density at radius 3 is 2.89 bits per heavy atom. The molecule has 0 amide bonds. The van der Waals surface area contributed by atoms with Crippen LogP contribution in [0.1, 0.15) is 6.42 Å². The summed E-state index contributed by atoms with van der Waals surface area (Å²) in [5.41, 5.74) is 0. The molecule has 0 atom stereocenters. The number of morpholine rings is 1. The summed E-state index contributed by atoms with van der Waals surface area (Å²) in [6.45, 7) is 5.24. The van der Waals surface area contributed by atoms with Crippen LogP contribution in [0.2, 0.25) is 0 Å². The summed E-state index contributed by atoms with van der Waals surface area (Å²) in [7, 11) is 4.17. The number of aromatic nitrogens is 2. The Morgan fingerprint density at radius 2 is 2.16 bits per heavy atom. The van der Waals surface area contributed by atoms with Crippen LogP contribution in [0.25, 0.3) is 0 Å². The maximum Gasteiger partial charge on any atom is 0.227 e. The first-order valence-corrected chi connectivity index (χ1v) is 6.80. The third kappa shape index (κ3) is 4.65. The van der Waals surface area contributed by atoms with Gasteiger partial charge in [0.15, 0.2) is 0 Å². The second-order valence-electron chi connectivity index (χ2n) is 4.92. The summed E-state index contributed by atoms with van der Waals surface area (Å²) in [4.78, 5) is 13.2. The molecule has 2 heterocycles. The molecule has 1 saturated heterocycles. The zero-order valence-electron chi connectivity index (χ0n) is 11.8. The molecule has 6 nitrogen and oxygen atoms in total. The van der Waals surface area contributed by atoms with Crippen molar-refractivity contribution in [2.45, 2.75) is 6.42 Å². The SMILES string of the molecule is CN(C)CCCNc1ccnc(N2CCOCC2)n1. The average Bonchev–Trinajstić information content (AvgIpc) is 2.45. The Labute approximate surface area is 114 Å². The zero-order chi connectivity index (χ0) is 13.5. The van der Waals surface area contributed by atoms with Crippen molar-refractivity contribution in [3.05, 3.63) is 12.3 Å². The van der Waals surface area contributed by atoms with Crippen LogP contribution in [0, 0.1) is 0 Å². The summed E-state index contributed by atoms with van der Waals surface area (Å²) in [5, 5.41) is 3.34. The molecule has 0 radical (unpaired) electrons. The van der Waals surface area contributed by atoms with E-state index in [4.69, 9.17) is 4.74 Å². The van der Waals surface area contributed by atoms with Gasteiger partial charge in [-0.15, -0.1) is 0 Å². The quantitative estimate of drug-likeness (QED) is 0.763. The minimum Gasteiger partial charge on any atom is -0.378 e. The Bertz CT molecular complexity index is 379. The van der Waals surface area contributed by atoms with Gasteiger partial charge in [-0.05, 0) is 33.1 Å². The van der Waals surface area contributed by atoms with Crippen molar-refractivity contribution < 1.29 is 4.74 Å². The van der Waals surface area contributed by atoms with Crippen LogP contribution < -0.4 is 10.2 Å². The molecule has 19 heavy (non-hydrogen) atoms. The van der Waals surface area contributed by atoms with Crippen molar-refractivity contribution in [2.24, 2.45) is 0 Å². The molecule has 1 fully saturated rings. The third-order valence-corrected chi connectivity index (χ3v) is 3.03. The van der Waals surface area contributed by atoms with Crippen LogP contribution in [0.3, 0.4) is 0 Å². The zero-order valence-corrected chi connectivity index (χ0v) is 11.8. The average molecular weight is 265 g/mol. The lowest BCUT2D eigenvalue weighted by molar-refractivity contribution is 0.122.